The largest absolute Gasteiger partial charge is 0.462 e. The van der Waals surface area contributed by atoms with Crippen molar-refractivity contribution in [2.75, 3.05) is 18.5 Å². The number of hydrogen-bond acceptors (Lipinski definition) is 7. The van der Waals surface area contributed by atoms with E-state index in [1.54, 1.807) is 19.1 Å². The predicted octanol–water partition coefficient (Wildman–Crippen LogP) is 2.18. The van der Waals surface area contributed by atoms with Gasteiger partial charge in [0.05, 0.1) is 22.8 Å². The van der Waals surface area contributed by atoms with E-state index < -0.39 is 40.8 Å². The quantitative estimate of drug-likeness (QED) is 0.290. The number of amides is 4. The molecular weight excluding hydrogens is 420 g/mol. The van der Waals surface area contributed by atoms with E-state index in [0.717, 1.165) is 0 Å². The summed E-state index contributed by atoms with van der Waals surface area (Å²) >= 11 is 0. The summed E-state index contributed by atoms with van der Waals surface area (Å²) in [5.74, 6) is -2.08. The summed E-state index contributed by atoms with van der Waals surface area (Å²) in [6, 6.07) is 10.7. The van der Waals surface area contributed by atoms with E-state index in [2.05, 4.69) is 10.6 Å². The minimum atomic E-state index is -1.58. The molecule has 0 saturated carbocycles. The van der Waals surface area contributed by atoms with E-state index in [-0.39, 0.29) is 29.1 Å². The smallest absolute Gasteiger partial charge is 0.340 e. The molecule has 1 saturated heterocycles. The Morgan fingerprint density at radius 2 is 1.91 bits per heavy atom. The molecule has 2 aromatic carbocycles. The van der Waals surface area contributed by atoms with E-state index in [0.29, 0.717) is 4.90 Å². The first-order chi connectivity index (χ1) is 15.2. The van der Waals surface area contributed by atoms with Crippen LogP contribution in [0.25, 0.3) is 0 Å². The van der Waals surface area contributed by atoms with E-state index in [1.165, 1.54) is 43.3 Å². The summed E-state index contributed by atoms with van der Waals surface area (Å²) in [6.45, 7) is 2.58. The fraction of sp³-hybridized carbons (Fsp3) is 0.238. The Morgan fingerprint density at radius 3 is 2.59 bits per heavy atom. The average molecular weight is 440 g/mol. The molecule has 3 rings (SSSR count). The molecule has 32 heavy (non-hydrogen) atoms. The molecule has 0 bridgehead atoms. The predicted molar refractivity (Wildman–Crippen MR) is 112 cm³/mol. The minimum Gasteiger partial charge on any atom is -0.462 e. The first-order valence-electron chi connectivity index (χ1n) is 9.62. The van der Waals surface area contributed by atoms with Gasteiger partial charge in [0.15, 0.2) is 0 Å². The second kappa shape index (κ2) is 8.84. The fourth-order valence-corrected chi connectivity index (χ4v) is 3.28. The molecule has 11 heteroatoms. The zero-order chi connectivity index (χ0) is 23.5. The van der Waals surface area contributed by atoms with Crippen LogP contribution in [0, 0.1) is 10.1 Å². The van der Waals surface area contributed by atoms with Gasteiger partial charge in [0.1, 0.15) is 12.1 Å². The molecule has 0 radical (unpaired) electrons. The second-order valence-electron chi connectivity index (χ2n) is 7.07. The number of benzene rings is 2. The number of anilines is 1. The van der Waals surface area contributed by atoms with Crippen LogP contribution in [0.5, 0.6) is 0 Å². The summed E-state index contributed by atoms with van der Waals surface area (Å²) in [7, 11) is 0. The van der Waals surface area contributed by atoms with Crippen LogP contribution in [0.2, 0.25) is 0 Å². The molecule has 1 fully saturated rings. The van der Waals surface area contributed by atoms with Gasteiger partial charge < -0.3 is 15.4 Å². The van der Waals surface area contributed by atoms with Crippen LogP contribution in [-0.4, -0.2) is 46.8 Å². The Hall–Kier alpha value is -4.28. The van der Waals surface area contributed by atoms with Gasteiger partial charge in [0, 0.05) is 12.1 Å². The van der Waals surface area contributed by atoms with Crippen molar-refractivity contribution >= 4 is 35.2 Å². The van der Waals surface area contributed by atoms with Crippen molar-refractivity contribution < 1.29 is 28.8 Å². The second-order valence-corrected chi connectivity index (χ2v) is 7.07. The third-order valence-corrected chi connectivity index (χ3v) is 4.91. The number of ether oxygens (including phenoxy) is 1. The van der Waals surface area contributed by atoms with Gasteiger partial charge in [-0.25, -0.2) is 9.59 Å². The minimum absolute atomic E-state index is 0.126. The van der Waals surface area contributed by atoms with Gasteiger partial charge in [0.25, 0.3) is 11.6 Å². The van der Waals surface area contributed by atoms with Crippen LogP contribution in [0.15, 0.2) is 48.5 Å². The zero-order valence-corrected chi connectivity index (χ0v) is 17.3. The lowest BCUT2D eigenvalue weighted by Crippen LogP contribution is -2.42. The number of imide groups is 1. The van der Waals surface area contributed by atoms with Gasteiger partial charge in [0.2, 0.25) is 5.91 Å². The molecule has 0 aromatic heterocycles. The summed E-state index contributed by atoms with van der Waals surface area (Å²) in [5, 5.41) is 16.1. The third-order valence-electron chi connectivity index (χ3n) is 4.91. The van der Waals surface area contributed by atoms with Gasteiger partial charge in [-0.1, -0.05) is 24.3 Å². The molecule has 2 N–H and O–H groups in total. The van der Waals surface area contributed by atoms with Crippen LogP contribution >= 0.6 is 0 Å². The average Bonchev–Trinajstić information content (AvgIpc) is 2.98. The summed E-state index contributed by atoms with van der Waals surface area (Å²) in [5.41, 5.74) is -1.31. The first kappa shape index (κ1) is 22.4. The van der Waals surface area contributed by atoms with Crippen molar-refractivity contribution in [2.45, 2.75) is 19.4 Å². The number of nitro groups is 1. The van der Waals surface area contributed by atoms with Gasteiger partial charge in [-0.2, -0.15) is 0 Å². The summed E-state index contributed by atoms with van der Waals surface area (Å²) in [6.07, 6.45) is 0. The number of esters is 1. The van der Waals surface area contributed by atoms with Gasteiger partial charge in [-0.3, -0.25) is 24.6 Å². The maximum absolute atomic E-state index is 13.0. The topological polar surface area (TPSA) is 148 Å². The van der Waals surface area contributed by atoms with Gasteiger partial charge >= 0.3 is 12.0 Å². The van der Waals surface area contributed by atoms with E-state index in [9.17, 15) is 29.3 Å². The molecule has 1 heterocycles. The molecule has 1 aliphatic rings. The van der Waals surface area contributed by atoms with Crippen LogP contribution in [-0.2, 0) is 19.9 Å². The van der Waals surface area contributed by atoms with Crippen LogP contribution in [0.4, 0.5) is 16.2 Å². The van der Waals surface area contributed by atoms with Crippen molar-refractivity contribution in [2.24, 2.45) is 0 Å². The highest BCUT2D eigenvalue weighted by Crippen LogP contribution is 2.30. The highest BCUT2D eigenvalue weighted by atomic mass is 16.6. The molecule has 1 aliphatic heterocycles. The van der Waals surface area contributed by atoms with Crippen LogP contribution in [0.1, 0.15) is 29.8 Å². The van der Waals surface area contributed by atoms with Crippen LogP contribution < -0.4 is 10.6 Å². The van der Waals surface area contributed by atoms with Gasteiger partial charge in [-0.05, 0) is 31.5 Å². The van der Waals surface area contributed by atoms with Gasteiger partial charge in [-0.15, -0.1) is 0 Å². The van der Waals surface area contributed by atoms with Crippen molar-refractivity contribution in [1.29, 1.82) is 0 Å². The number of hydrogen-bond donors (Lipinski definition) is 2. The third kappa shape index (κ3) is 4.26. The number of non-ortho nitro benzene ring substituents is 1. The highest BCUT2D eigenvalue weighted by Gasteiger charge is 2.49. The molecule has 166 valence electrons. The Balaban J connectivity index is 1.78. The molecule has 4 amide bonds. The maximum Gasteiger partial charge on any atom is 0.340 e. The number of carbonyl (C=O) groups is 4. The SMILES string of the molecule is CCOC(=O)c1ccccc1NC(=O)CN1C(=O)NC(C)(c2cccc([N+](=O)[O-])c2)C1=O. The number of para-hydroxylation sites is 1. The van der Waals surface area contributed by atoms with Crippen molar-refractivity contribution in [1.82, 2.24) is 10.2 Å². The Kier molecular flexibility index (Phi) is 6.19. The number of carbonyl (C=O) groups excluding carboxylic acids is 4. The van der Waals surface area contributed by atoms with E-state index in [1.807, 2.05) is 0 Å². The zero-order valence-electron chi connectivity index (χ0n) is 17.3. The first-order valence-corrected chi connectivity index (χ1v) is 9.62. The maximum atomic E-state index is 13.0. The lowest BCUT2D eigenvalue weighted by atomic mass is 9.91. The Bertz CT molecular complexity index is 1120. The number of rotatable bonds is 7. The number of urea groups is 1. The highest BCUT2D eigenvalue weighted by molar-refractivity contribution is 6.11. The lowest BCUT2D eigenvalue weighted by Gasteiger charge is -2.22. The molecule has 1 unspecified atom stereocenters. The number of nitrogens with zero attached hydrogens (tertiary/aromatic N) is 2. The molecule has 0 aliphatic carbocycles. The standard InChI is InChI=1S/C21H20N4O7/c1-3-32-18(27)15-9-4-5-10-16(15)22-17(26)12-24-19(28)21(2,23-20(24)29)13-7-6-8-14(11-13)25(30)31/h4-11H,3,12H2,1-2H3,(H,22,26)(H,23,29). The van der Waals surface area contributed by atoms with Crippen molar-refractivity contribution in [3.05, 3.63) is 69.8 Å². The lowest BCUT2D eigenvalue weighted by molar-refractivity contribution is -0.385. The number of nitrogens with one attached hydrogen (secondary N) is 2. The number of nitro benzene ring substituents is 1. The van der Waals surface area contributed by atoms with Crippen LogP contribution in [0.3, 0.4) is 0 Å². The monoisotopic (exact) mass is 440 g/mol. The van der Waals surface area contributed by atoms with Crippen molar-refractivity contribution in [3.8, 4) is 0 Å². The molecule has 11 nitrogen and oxygen atoms in total. The molecule has 0 spiro atoms. The Morgan fingerprint density at radius 1 is 1.19 bits per heavy atom. The van der Waals surface area contributed by atoms with E-state index >= 15 is 0 Å². The van der Waals surface area contributed by atoms with Crippen molar-refractivity contribution in [3.63, 3.8) is 0 Å². The normalized spacial score (nSPS) is 17.6. The molecular formula is C21H20N4O7. The summed E-state index contributed by atoms with van der Waals surface area (Å²) in [4.78, 5) is 61.2. The Labute approximate surface area is 182 Å². The fourth-order valence-electron chi connectivity index (χ4n) is 3.28. The molecule has 2 aromatic rings. The van der Waals surface area contributed by atoms with E-state index in [4.69, 9.17) is 4.74 Å². The molecule has 1 atom stereocenters. The summed E-state index contributed by atoms with van der Waals surface area (Å²) < 4.78 is 4.95.